The molecular formula is C15H22FNO3S. The number of rotatable bonds is 5. The van der Waals surface area contributed by atoms with Gasteiger partial charge >= 0.3 is 0 Å². The van der Waals surface area contributed by atoms with Crippen molar-refractivity contribution in [1.82, 2.24) is 4.72 Å². The molecule has 0 aliphatic heterocycles. The van der Waals surface area contributed by atoms with E-state index in [0.29, 0.717) is 11.1 Å². The molecule has 0 spiro atoms. The smallest absolute Gasteiger partial charge is 0.241 e. The fourth-order valence-electron chi connectivity index (χ4n) is 3.16. The number of aryl methyl sites for hydroxylation is 2. The topological polar surface area (TPSA) is 66.4 Å². The molecular weight excluding hydrogens is 293 g/mol. The van der Waals surface area contributed by atoms with Crippen LogP contribution in [-0.2, 0) is 10.0 Å². The molecule has 6 heteroatoms. The number of sulfonamides is 1. The Labute approximate surface area is 125 Å². The molecule has 2 rings (SSSR count). The van der Waals surface area contributed by atoms with E-state index in [1.54, 1.807) is 13.8 Å². The monoisotopic (exact) mass is 315 g/mol. The number of halogens is 1. The number of benzene rings is 1. The van der Waals surface area contributed by atoms with E-state index in [1.807, 2.05) is 0 Å². The zero-order valence-electron chi connectivity index (χ0n) is 12.4. The van der Waals surface area contributed by atoms with Crippen LogP contribution in [0.4, 0.5) is 4.39 Å². The molecule has 0 aromatic heterocycles. The SMILES string of the molecule is Cc1cc(F)cc(C)c1S(=O)(=O)NCC1(CO)CCCC1. The first kappa shape index (κ1) is 16.4. The van der Waals surface area contributed by atoms with Gasteiger partial charge in [-0.2, -0.15) is 0 Å². The van der Waals surface area contributed by atoms with Gasteiger partial charge in [-0.25, -0.2) is 17.5 Å². The van der Waals surface area contributed by atoms with Crippen LogP contribution in [0.1, 0.15) is 36.8 Å². The maximum Gasteiger partial charge on any atom is 0.241 e. The van der Waals surface area contributed by atoms with Crippen molar-refractivity contribution in [2.45, 2.75) is 44.4 Å². The van der Waals surface area contributed by atoms with Crippen molar-refractivity contribution >= 4 is 10.0 Å². The van der Waals surface area contributed by atoms with Gasteiger partial charge in [0.05, 0.1) is 4.90 Å². The minimum Gasteiger partial charge on any atom is -0.396 e. The molecule has 0 amide bonds. The lowest BCUT2D eigenvalue weighted by Gasteiger charge is -2.26. The second-order valence-corrected chi connectivity index (χ2v) is 7.76. The van der Waals surface area contributed by atoms with Crippen molar-refractivity contribution in [3.63, 3.8) is 0 Å². The van der Waals surface area contributed by atoms with Gasteiger partial charge in [0.15, 0.2) is 0 Å². The summed E-state index contributed by atoms with van der Waals surface area (Å²) in [6, 6.07) is 2.44. The molecule has 1 saturated carbocycles. The molecule has 1 aromatic carbocycles. The third-order valence-corrected chi connectivity index (χ3v) is 6.04. The predicted octanol–water partition coefficient (Wildman–Crippen LogP) is 2.27. The van der Waals surface area contributed by atoms with Gasteiger partial charge in [-0.3, -0.25) is 0 Å². The molecule has 0 unspecified atom stereocenters. The number of aliphatic hydroxyl groups excluding tert-OH is 1. The van der Waals surface area contributed by atoms with Crippen LogP contribution in [0.15, 0.2) is 17.0 Å². The van der Waals surface area contributed by atoms with Gasteiger partial charge in [-0.1, -0.05) is 12.8 Å². The molecule has 1 aliphatic rings. The molecule has 0 saturated heterocycles. The van der Waals surface area contributed by atoms with E-state index in [9.17, 15) is 17.9 Å². The zero-order chi connectivity index (χ0) is 15.7. The Bertz CT molecular complexity index is 599. The summed E-state index contributed by atoms with van der Waals surface area (Å²) in [4.78, 5) is 0.134. The lowest BCUT2D eigenvalue weighted by Crippen LogP contribution is -2.38. The number of hydrogen-bond donors (Lipinski definition) is 2. The van der Waals surface area contributed by atoms with Gasteiger partial charge in [-0.05, 0) is 49.9 Å². The van der Waals surface area contributed by atoms with Gasteiger partial charge in [0.2, 0.25) is 10.0 Å². The number of hydrogen-bond acceptors (Lipinski definition) is 3. The lowest BCUT2D eigenvalue weighted by atomic mass is 9.88. The summed E-state index contributed by atoms with van der Waals surface area (Å²) in [5.74, 6) is -0.438. The van der Waals surface area contributed by atoms with Crippen LogP contribution in [0.2, 0.25) is 0 Å². The summed E-state index contributed by atoms with van der Waals surface area (Å²) in [7, 11) is -3.70. The zero-order valence-corrected chi connectivity index (χ0v) is 13.3. The Morgan fingerprint density at radius 1 is 1.24 bits per heavy atom. The van der Waals surface area contributed by atoms with Crippen molar-refractivity contribution in [2.75, 3.05) is 13.2 Å². The van der Waals surface area contributed by atoms with E-state index in [4.69, 9.17) is 0 Å². The van der Waals surface area contributed by atoms with Crippen LogP contribution >= 0.6 is 0 Å². The summed E-state index contributed by atoms with van der Waals surface area (Å²) in [5.41, 5.74) is 0.434. The fourth-order valence-corrected chi connectivity index (χ4v) is 4.76. The van der Waals surface area contributed by atoms with Crippen molar-refractivity contribution in [3.8, 4) is 0 Å². The fraction of sp³-hybridized carbons (Fsp3) is 0.600. The van der Waals surface area contributed by atoms with E-state index in [1.165, 1.54) is 12.1 Å². The summed E-state index contributed by atoms with van der Waals surface area (Å²) < 4.78 is 40.9. The maximum atomic E-state index is 13.3. The molecule has 118 valence electrons. The average molecular weight is 315 g/mol. The van der Waals surface area contributed by atoms with Gasteiger partial charge in [0, 0.05) is 18.6 Å². The number of aliphatic hydroxyl groups is 1. The first-order chi connectivity index (χ1) is 9.80. The molecule has 0 radical (unpaired) electrons. The van der Waals surface area contributed by atoms with E-state index < -0.39 is 15.8 Å². The quantitative estimate of drug-likeness (QED) is 0.876. The van der Waals surface area contributed by atoms with Gasteiger partial charge in [-0.15, -0.1) is 0 Å². The molecule has 1 aromatic rings. The highest BCUT2D eigenvalue weighted by atomic mass is 32.2. The molecule has 4 nitrogen and oxygen atoms in total. The normalized spacial score (nSPS) is 18.1. The Kier molecular flexibility index (Phi) is 4.70. The Balaban J connectivity index is 2.23. The van der Waals surface area contributed by atoms with Crippen molar-refractivity contribution in [3.05, 3.63) is 29.1 Å². The van der Waals surface area contributed by atoms with Crippen LogP contribution in [0.5, 0.6) is 0 Å². The number of nitrogens with one attached hydrogen (secondary N) is 1. The average Bonchev–Trinajstić information content (AvgIpc) is 2.84. The summed E-state index contributed by atoms with van der Waals surface area (Å²) >= 11 is 0. The maximum absolute atomic E-state index is 13.3. The van der Waals surface area contributed by atoms with Crippen LogP contribution in [-0.4, -0.2) is 26.7 Å². The second kappa shape index (κ2) is 6.02. The van der Waals surface area contributed by atoms with Crippen LogP contribution in [0, 0.1) is 25.1 Å². The standard InChI is InChI=1S/C15H22FNO3S/c1-11-7-13(16)8-12(2)14(11)21(19,20)17-9-15(10-18)5-3-4-6-15/h7-8,17-18H,3-6,9-10H2,1-2H3. The van der Waals surface area contributed by atoms with E-state index in [-0.39, 0.29) is 23.5 Å². The van der Waals surface area contributed by atoms with Gasteiger partial charge in [0.25, 0.3) is 0 Å². The molecule has 1 aliphatic carbocycles. The van der Waals surface area contributed by atoms with Gasteiger partial charge < -0.3 is 5.11 Å². The predicted molar refractivity (Wildman–Crippen MR) is 79.0 cm³/mol. The molecule has 0 atom stereocenters. The Morgan fingerprint density at radius 2 is 1.76 bits per heavy atom. The van der Waals surface area contributed by atoms with Crippen molar-refractivity contribution in [1.29, 1.82) is 0 Å². The van der Waals surface area contributed by atoms with Crippen molar-refractivity contribution < 1.29 is 17.9 Å². The Morgan fingerprint density at radius 3 is 2.24 bits per heavy atom. The third kappa shape index (κ3) is 3.44. The summed E-state index contributed by atoms with van der Waals surface area (Å²) in [6.07, 6.45) is 3.68. The van der Waals surface area contributed by atoms with Crippen LogP contribution in [0.25, 0.3) is 0 Å². The minimum absolute atomic E-state index is 0.0170. The largest absolute Gasteiger partial charge is 0.396 e. The highest BCUT2D eigenvalue weighted by Crippen LogP contribution is 2.37. The molecule has 2 N–H and O–H groups in total. The lowest BCUT2D eigenvalue weighted by molar-refractivity contribution is 0.134. The van der Waals surface area contributed by atoms with Crippen LogP contribution < -0.4 is 4.72 Å². The first-order valence-corrected chi connectivity index (χ1v) is 8.65. The molecule has 1 fully saturated rings. The molecule has 21 heavy (non-hydrogen) atoms. The van der Waals surface area contributed by atoms with E-state index in [2.05, 4.69) is 4.72 Å². The van der Waals surface area contributed by atoms with E-state index >= 15 is 0 Å². The highest BCUT2D eigenvalue weighted by Gasteiger charge is 2.35. The van der Waals surface area contributed by atoms with E-state index in [0.717, 1.165) is 25.7 Å². The van der Waals surface area contributed by atoms with Gasteiger partial charge in [0.1, 0.15) is 5.82 Å². The molecule has 0 bridgehead atoms. The molecule has 0 heterocycles. The first-order valence-electron chi connectivity index (χ1n) is 7.17. The van der Waals surface area contributed by atoms with Crippen LogP contribution in [0.3, 0.4) is 0 Å². The third-order valence-electron chi connectivity index (χ3n) is 4.33. The van der Waals surface area contributed by atoms with Crippen molar-refractivity contribution in [2.24, 2.45) is 5.41 Å². The minimum atomic E-state index is -3.70. The highest BCUT2D eigenvalue weighted by molar-refractivity contribution is 7.89. The Hall–Kier alpha value is -0.980. The summed E-state index contributed by atoms with van der Waals surface area (Å²) in [6.45, 7) is 3.38. The summed E-state index contributed by atoms with van der Waals surface area (Å²) in [5, 5.41) is 9.55. The second-order valence-electron chi connectivity index (χ2n) is 6.06.